The molecule has 1 saturated heterocycles. The Kier molecular flexibility index (Phi) is 3.69. The van der Waals surface area contributed by atoms with Crippen molar-refractivity contribution in [3.05, 3.63) is 30.3 Å². The van der Waals surface area contributed by atoms with E-state index in [4.69, 9.17) is 9.47 Å². The summed E-state index contributed by atoms with van der Waals surface area (Å²) in [7, 11) is 0. The van der Waals surface area contributed by atoms with Gasteiger partial charge >= 0.3 is 6.09 Å². The average Bonchev–Trinajstić information content (AvgIpc) is 3.12. The molecule has 1 aliphatic heterocycles. The van der Waals surface area contributed by atoms with Crippen LogP contribution in [0.3, 0.4) is 0 Å². The molecule has 1 aromatic carbocycles. The fourth-order valence-electron chi connectivity index (χ4n) is 2.67. The highest BCUT2D eigenvalue weighted by atomic mass is 16.6. The molecule has 4 heteroatoms. The minimum absolute atomic E-state index is 0.0221. The number of amides is 1. The Hall–Kier alpha value is -1.55. The van der Waals surface area contributed by atoms with Crippen molar-refractivity contribution in [3.63, 3.8) is 0 Å². The summed E-state index contributed by atoms with van der Waals surface area (Å²) in [5.41, 5.74) is 0.768. The molecule has 1 aromatic rings. The van der Waals surface area contributed by atoms with Crippen LogP contribution in [0.2, 0.25) is 0 Å². The number of anilines is 1. The van der Waals surface area contributed by atoms with Crippen LogP contribution >= 0.6 is 0 Å². The van der Waals surface area contributed by atoms with Gasteiger partial charge in [0.1, 0.15) is 6.10 Å². The van der Waals surface area contributed by atoms with Crippen LogP contribution in [0.5, 0.6) is 0 Å². The molecule has 1 heterocycles. The second-order valence-corrected chi connectivity index (χ2v) is 5.24. The molecular formula is C15H19NO3. The first kappa shape index (κ1) is 12.5. The molecule has 1 N–H and O–H groups in total. The maximum Gasteiger partial charge on any atom is 0.411 e. The first-order valence-electron chi connectivity index (χ1n) is 6.99. The van der Waals surface area contributed by atoms with E-state index in [-0.39, 0.29) is 12.2 Å². The number of carbonyl (C=O) groups is 1. The number of epoxide rings is 1. The van der Waals surface area contributed by atoms with Crippen molar-refractivity contribution in [3.8, 4) is 0 Å². The lowest BCUT2D eigenvalue weighted by Crippen LogP contribution is -2.24. The summed E-state index contributed by atoms with van der Waals surface area (Å²) in [5, 5.41) is 2.75. The summed E-state index contributed by atoms with van der Waals surface area (Å²) in [4.78, 5) is 11.8. The number of ether oxygens (including phenoxy) is 2. The van der Waals surface area contributed by atoms with Crippen LogP contribution in [0.25, 0.3) is 0 Å². The molecule has 1 amide bonds. The first-order chi connectivity index (χ1) is 9.31. The maximum atomic E-state index is 11.8. The Morgan fingerprint density at radius 3 is 2.74 bits per heavy atom. The van der Waals surface area contributed by atoms with Crippen molar-refractivity contribution < 1.29 is 14.3 Å². The SMILES string of the molecule is O=C(Nc1ccccc1)O[C@H]1CCC[C@H]2O[C@H]2CC1. The van der Waals surface area contributed by atoms with Crippen molar-refractivity contribution in [2.75, 3.05) is 5.32 Å². The molecule has 3 atom stereocenters. The predicted octanol–water partition coefficient (Wildman–Crippen LogP) is 3.34. The molecule has 1 saturated carbocycles. The van der Waals surface area contributed by atoms with Crippen LogP contribution < -0.4 is 5.32 Å². The third kappa shape index (κ3) is 3.47. The first-order valence-corrected chi connectivity index (χ1v) is 6.99. The summed E-state index contributed by atoms with van der Waals surface area (Å²) in [5.74, 6) is 0. The number of benzene rings is 1. The predicted molar refractivity (Wildman–Crippen MR) is 72.1 cm³/mol. The lowest BCUT2D eigenvalue weighted by Gasteiger charge is -2.19. The van der Waals surface area contributed by atoms with Crippen LogP contribution in [0.4, 0.5) is 10.5 Å². The molecule has 0 bridgehead atoms. The van der Waals surface area contributed by atoms with E-state index in [1.807, 2.05) is 30.3 Å². The largest absolute Gasteiger partial charge is 0.446 e. The van der Waals surface area contributed by atoms with E-state index in [1.165, 1.54) is 0 Å². The van der Waals surface area contributed by atoms with Gasteiger partial charge in [-0.25, -0.2) is 4.79 Å². The summed E-state index contributed by atoms with van der Waals surface area (Å²) < 4.78 is 11.0. The summed E-state index contributed by atoms with van der Waals surface area (Å²) in [6.07, 6.45) is 5.60. The molecule has 2 aliphatic rings. The number of rotatable bonds is 2. The minimum Gasteiger partial charge on any atom is -0.446 e. The zero-order valence-corrected chi connectivity index (χ0v) is 10.9. The fourth-order valence-corrected chi connectivity index (χ4v) is 2.67. The number of nitrogens with one attached hydrogen (secondary N) is 1. The maximum absolute atomic E-state index is 11.8. The van der Waals surface area contributed by atoms with Crippen LogP contribution in [0.1, 0.15) is 32.1 Å². The average molecular weight is 261 g/mol. The van der Waals surface area contributed by atoms with Gasteiger partial charge in [-0.2, -0.15) is 0 Å². The quantitative estimate of drug-likeness (QED) is 0.831. The minimum atomic E-state index is -0.356. The summed E-state index contributed by atoms with van der Waals surface area (Å²) in [6, 6.07) is 9.38. The van der Waals surface area contributed by atoms with E-state index in [0.717, 1.165) is 37.8 Å². The van der Waals surface area contributed by atoms with Crippen molar-refractivity contribution in [2.45, 2.75) is 50.4 Å². The number of carbonyl (C=O) groups excluding carboxylic acids is 1. The van der Waals surface area contributed by atoms with Gasteiger partial charge in [-0.3, -0.25) is 5.32 Å². The van der Waals surface area contributed by atoms with Crippen molar-refractivity contribution in [1.29, 1.82) is 0 Å². The van der Waals surface area contributed by atoms with Crippen LogP contribution in [0, 0.1) is 0 Å². The lowest BCUT2D eigenvalue weighted by atomic mass is 9.99. The van der Waals surface area contributed by atoms with E-state index >= 15 is 0 Å². The number of para-hydroxylation sites is 1. The Bertz CT molecular complexity index is 434. The van der Waals surface area contributed by atoms with Gasteiger partial charge in [0.15, 0.2) is 0 Å². The zero-order valence-electron chi connectivity index (χ0n) is 10.9. The Morgan fingerprint density at radius 1 is 1.11 bits per heavy atom. The number of fused-ring (bicyclic) bond motifs is 1. The Labute approximate surface area is 113 Å². The third-order valence-corrected chi connectivity index (χ3v) is 3.77. The smallest absolute Gasteiger partial charge is 0.411 e. The number of hydrogen-bond acceptors (Lipinski definition) is 3. The summed E-state index contributed by atoms with van der Waals surface area (Å²) in [6.45, 7) is 0. The van der Waals surface area contributed by atoms with E-state index in [0.29, 0.717) is 12.2 Å². The van der Waals surface area contributed by atoms with E-state index in [9.17, 15) is 4.79 Å². The number of hydrogen-bond donors (Lipinski definition) is 1. The van der Waals surface area contributed by atoms with Gasteiger partial charge in [-0.15, -0.1) is 0 Å². The standard InChI is InChI=1S/C15H19NO3/c17-15(16-11-5-2-1-3-6-11)18-12-7-4-8-13-14(19-13)10-9-12/h1-3,5-6,12-14H,4,7-10H2,(H,16,17)/t12-,13+,14-/m0/s1. The van der Waals surface area contributed by atoms with Gasteiger partial charge < -0.3 is 9.47 Å². The highest BCUT2D eigenvalue weighted by molar-refractivity contribution is 5.84. The van der Waals surface area contributed by atoms with Gasteiger partial charge in [0, 0.05) is 5.69 Å². The van der Waals surface area contributed by atoms with E-state index < -0.39 is 0 Å². The molecular weight excluding hydrogens is 242 g/mol. The molecule has 0 aromatic heterocycles. The zero-order chi connectivity index (χ0) is 13.1. The van der Waals surface area contributed by atoms with Gasteiger partial charge in [-0.1, -0.05) is 18.2 Å². The Balaban J connectivity index is 1.48. The van der Waals surface area contributed by atoms with Crippen molar-refractivity contribution in [1.82, 2.24) is 0 Å². The molecule has 1 aliphatic carbocycles. The molecule has 3 rings (SSSR count). The fraction of sp³-hybridized carbons (Fsp3) is 0.533. The molecule has 4 nitrogen and oxygen atoms in total. The van der Waals surface area contributed by atoms with Gasteiger partial charge in [-0.05, 0) is 44.2 Å². The second-order valence-electron chi connectivity index (χ2n) is 5.24. The molecule has 0 unspecified atom stereocenters. The van der Waals surface area contributed by atoms with Crippen LogP contribution in [-0.4, -0.2) is 24.4 Å². The van der Waals surface area contributed by atoms with Gasteiger partial charge in [0.2, 0.25) is 0 Å². The van der Waals surface area contributed by atoms with Crippen LogP contribution in [-0.2, 0) is 9.47 Å². The van der Waals surface area contributed by atoms with Crippen molar-refractivity contribution in [2.24, 2.45) is 0 Å². The highest BCUT2D eigenvalue weighted by Crippen LogP contribution is 2.34. The molecule has 0 radical (unpaired) electrons. The topological polar surface area (TPSA) is 50.9 Å². The molecule has 102 valence electrons. The van der Waals surface area contributed by atoms with E-state index in [2.05, 4.69) is 5.32 Å². The monoisotopic (exact) mass is 261 g/mol. The molecule has 0 spiro atoms. The Morgan fingerprint density at radius 2 is 1.89 bits per heavy atom. The molecule has 2 fully saturated rings. The highest BCUT2D eigenvalue weighted by Gasteiger charge is 2.39. The second kappa shape index (κ2) is 5.61. The molecule has 19 heavy (non-hydrogen) atoms. The van der Waals surface area contributed by atoms with Gasteiger partial charge in [0.05, 0.1) is 12.2 Å². The normalized spacial score (nSPS) is 29.6. The van der Waals surface area contributed by atoms with Crippen molar-refractivity contribution >= 4 is 11.8 Å². The van der Waals surface area contributed by atoms with Gasteiger partial charge in [0.25, 0.3) is 0 Å². The summed E-state index contributed by atoms with van der Waals surface area (Å²) >= 11 is 0. The third-order valence-electron chi connectivity index (χ3n) is 3.77. The van der Waals surface area contributed by atoms with E-state index in [1.54, 1.807) is 0 Å². The van der Waals surface area contributed by atoms with Crippen LogP contribution in [0.15, 0.2) is 30.3 Å². The lowest BCUT2D eigenvalue weighted by molar-refractivity contribution is 0.0946.